The van der Waals surface area contributed by atoms with Gasteiger partial charge in [0.2, 0.25) is 5.78 Å². The van der Waals surface area contributed by atoms with Crippen molar-refractivity contribution in [1.29, 1.82) is 0 Å². The van der Waals surface area contributed by atoms with Crippen LogP contribution in [0.4, 0.5) is 0 Å². The number of allylic oxidation sites excluding steroid dienone is 1. The van der Waals surface area contributed by atoms with Crippen molar-refractivity contribution < 1.29 is 4.79 Å². The lowest BCUT2D eigenvalue weighted by molar-refractivity contribution is 0.104. The molecule has 0 saturated heterocycles. The first-order chi connectivity index (χ1) is 18.7. The van der Waals surface area contributed by atoms with Gasteiger partial charge in [0, 0.05) is 10.5 Å². The highest BCUT2D eigenvalue weighted by atomic mass is 32.2. The fourth-order valence-corrected chi connectivity index (χ4v) is 6.99. The van der Waals surface area contributed by atoms with E-state index in [2.05, 4.69) is 63.2 Å². The lowest BCUT2D eigenvalue weighted by Crippen LogP contribution is -2.02. The molecule has 2 aromatic carbocycles. The lowest BCUT2D eigenvalue weighted by atomic mass is 9.88. The molecular weight excluding hydrogens is 480 g/mol. The third-order valence-corrected chi connectivity index (χ3v) is 9.24. The van der Waals surface area contributed by atoms with E-state index in [1.165, 1.54) is 119 Å². The van der Waals surface area contributed by atoms with Crippen LogP contribution in [0.1, 0.15) is 156 Å². The molecule has 38 heavy (non-hydrogen) atoms. The molecule has 0 radical (unpaired) electrons. The van der Waals surface area contributed by atoms with Gasteiger partial charge < -0.3 is 0 Å². The predicted molar refractivity (Wildman–Crippen MR) is 168 cm³/mol. The summed E-state index contributed by atoms with van der Waals surface area (Å²) in [6, 6.07) is 15.3. The minimum atomic E-state index is 0.203. The minimum Gasteiger partial charge on any atom is -0.288 e. The van der Waals surface area contributed by atoms with Gasteiger partial charge in [-0.2, -0.15) is 0 Å². The molecule has 2 aromatic rings. The second-order valence-corrected chi connectivity index (χ2v) is 12.4. The fourth-order valence-electron chi connectivity index (χ4n) is 5.75. The third-order valence-electron chi connectivity index (χ3n) is 8.06. The Morgan fingerprint density at radius 1 is 0.684 bits per heavy atom. The van der Waals surface area contributed by atoms with Crippen LogP contribution in [0.2, 0.25) is 0 Å². The Bertz CT molecular complexity index is 987. The van der Waals surface area contributed by atoms with Gasteiger partial charge in [-0.1, -0.05) is 152 Å². The molecule has 2 heteroatoms. The number of unbranched alkanes of at least 4 members (excludes halogenated alkanes) is 11. The topological polar surface area (TPSA) is 17.1 Å². The molecule has 0 bridgehead atoms. The summed E-state index contributed by atoms with van der Waals surface area (Å²) in [4.78, 5) is 15.4. The summed E-state index contributed by atoms with van der Waals surface area (Å²) in [5.74, 6) is 0.764. The Balaban J connectivity index is 1.58. The van der Waals surface area contributed by atoms with Gasteiger partial charge in [-0.05, 0) is 60.4 Å². The molecule has 0 saturated carbocycles. The fraction of sp³-hybridized carbons (Fsp3) is 0.583. The summed E-state index contributed by atoms with van der Waals surface area (Å²) in [5, 5.41) is 0. The van der Waals surface area contributed by atoms with Crippen molar-refractivity contribution in [2.24, 2.45) is 0 Å². The Hall–Kier alpha value is -1.80. The Kier molecular flexibility index (Phi) is 14.3. The summed E-state index contributed by atoms with van der Waals surface area (Å²) >= 11 is 1.71. The van der Waals surface area contributed by atoms with Gasteiger partial charge in [0.05, 0.1) is 4.91 Å². The highest BCUT2D eigenvalue weighted by Gasteiger charge is 2.30. The zero-order chi connectivity index (χ0) is 27.0. The molecule has 0 spiro atoms. The van der Waals surface area contributed by atoms with Crippen molar-refractivity contribution >= 4 is 23.6 Å². The number of hydrogen-bond acceptors (Lipinski definition) is 2. The van der Waals surface area contributed by atoms with E-state index >= 15 is 0 Å². The molecule has 0 amide bonds. The van der Waals surface area contributed by atoms with Crippen molar-refractivity contribution in [1.82, 2.24) is 0 Å². The van der Waals surface area contributed by atoms with Gasteiger partial charge in [-0.25, -0.2) is 0 Å². The van der Waals surface area contributed by atoms with E-state index < -0.39 is 0 Å². The van der Waals surface area contributed by atoms with Crippen molar-refractivity contribution in [3.05, 3.63) is 69.6 Å². The lowest BCUT2D eigenvalue weighted by Gasteiger charge is -2.19. The maximum Gasteiger partial charge on any atom is 0.200 e. The zero-order valence-electron chi connectivity index (χ0n) is 24.5. The van der Waals surface area contributed by atoms with E-state index in [9.17, 15) is 4.79 Å². The number of benzene rings is 2. The zero-order valence-corrected chi connectivity index (χ0v) is 25.3. The monoisotopic (exact) mass is 532 g/mol. The molecule has 208 valence electrons. The highest BCUT2D eigenvalue weighted by molar-refractivity contribution is 8.05. The van der Waals surface area contributed by atoms with Gasteiger partial charge in [0.1, 0.15) is 0 Å². The van der Waals surface area contributed by atoms with Crippen molar-refractivity contribution in [3.63, 3.8) is 0 Å². The van der Waals surface area contributed by atoms with E-state index in [1.54, 1.807) is 11.8 Å². The summed E-state index contributed by atoms with van der Waals surface area (Å²) in [7, 11) is 0. The molecule has 1 unspecified atom stereocenters. The van der Waals surface area contributed by atoms with E-state index in [0.29, 0.717) is 5.92 Å². The number of carbonyl (C=O) groups excluding carboxylic acids is 1. The molecule has 0 aromatic heterocycles. The van der Waals surface area contributed by atoms with E-state index in [0.717, 1.165) is 22.5 Å². The SMILES string of the molecule is CCCCCCCCCCCC(CCC)c1cccc2c1SC(=Cc1ccc(CCCCCC)cc1)C2=O. The second-order valence-electron chi connectivity index (χ2n) is 11.3. The Morgan fingerprint density at radius 3 is 1.97 bits per heavy atom. The van der Waals surface area contributed by atoms with Crippen molar-refractivity contribution in [2.75, 3.05) is 0 Å². The summed E-state index contributed by atoms with van der Waals surface area (Å²) < 4.78 is 0. The van der Waals surface area contributed by atoms with Gasteiger partial charge in [0.15, 0.2) is 0 Å². The van der Waals surface area contributed by atoms with Crippen LogP contribution >= 0.6 is 11.8 Å². The number of rotatable bonds is 19. The van der Waals surface area contributed by atoms with Crippen molar-refractivity contribution in [2.45, 2.75) is 141 Å². The number of fused-ring (bicyclic) bond motifs is 1. The van der Waals surface area contributed by atoms with Gasteiger partial charge in [-0.15, -0.1) is 0 Å². The number of aryl methyl sites for hydroxylation is 1. The summed E-state index contributed by atoms with van der Waals surface area (Å²) in [6.07, 6.45) is 24.4. The van der Waals surface area contributed by atoms with E-state index in [-0.39, 0.29) is 5.78 Å². The molecule has 0 fully saturated rings. The molecule has 1 aliphatic heterocycles. The van der Waals surface area contributed by atoms with Crippen LogP contribution in [0.3, 0.4) is 0 Å². The third kappa shape index (κ3) is 9.74. The first-order valence-corrected chi connectivity index (χ1v) is 16.7. The largest absolute Gasteiger partial charge is 0.288 e. The smallest absolute Gasteiger partial charge is 0.200 e. The maximum atomic E-state index is 13.3. The van der Waals surface area contributed by atoms with Crippen LogP contribution in [-0.4, -0.2) is 5.78 Å². The Morgan fingerprint density at radius 2 is 1.32 bits per heavy atom. The quantitative estimate of drug-likeness (QED) is 0.132. The molecule has 1 atom stereocenters. The van der Waals surface area contributed by atoms with Crippen LogP contribution < -0.4 is 0 Å². The molecular formula is C36H52OS. The number of ketones is 1. The average Bonchev–Trinajstić information content (AvgIpc) is 3.25. The second kappa shape index (κ2) is 17.7. The van der Waals surface area contributed by atoms with Crippen LogP contribution in [0.15, 0.2) is 52.3 Å². The van der Waals surface area contributed by atoms with Crippen LogP contribution in [-0.2, 0) is 6.42 Å². The number of carbonyl (C=O) groups is 1. The van der Waals surface area contributed by atoms with Crippen LogP contribution in [0.25, 0.3) is 6.08 Å². The predicted octanol–water partition coefficient (Wildman–Crippen LogP) is 11.9. The Labute approximate surface area is 238 Å². The number of hydrogen-bond donors (Lipinski definition) is 0. The normalized spacial score (nSPS) is 14.8. The first kappa shape index (κ1) is 30.7. The van der Waals surface area contributed by atoms with Crippen LogP contribution in [0.5, 0.6) is 0 Å². The molecule has 0 aliphatic carbocycles. The van der Waals surface area contributed by atoms with E-state index in [4.69, 9.17) is 0 Å². The molecule has 1 nitrogen and oxygen atoms in total. The van der Waals surface area contributed by atoms with Crippen molar-refractivity contribution in [3.8, 4) is 0 Å². The molecule has 3 rings (SSSR count). The minimum absolute atomic E-state index is 0.203. The van der Waals surface area contributed by atoms with Gasteiger partial charge in [0.25, 0.3) is 0 Å². The van der Waals surface area contributed by atoms with Gasteiger partial charge >= 0.3 is 0 Å². The number of Topliss-reactive ketones (excluding diaryl/α,β-unsaturated/α-hetero) is 1. The summed E-state index contributed by atoms with van der Waals surface area (Å²) in [5.41, 5.74) is 4.86. The average molecular weight is 533 g/mol. The number of thioether (sulfide) groups is 1. The summed E-state index contributed by atoms with van der Waals surface area (Å²) in [6.45, 7) is 6.84. The van der Waals surface area contributed by atoms with E-state index in [1.807, 2.05) is 6.07 Å². The molecule has 1 heterocycles. The molecule has 0 N–H and O–H groups in total. The first-order valence-electron chi connectivity index (χ1n) is 15.8. The standard InChI is InChI=1S/C36H52OS/c1-4-7-9-11-12-13-14-15-17-21-31(19-6-3)32-22-18-23-33-35(37)34(38-36(32)33)28-30-26-24-29(25-27-30)20-16-10-8-5-2/h18,22-28,31H,4-17,19-21H2,1-3H3. The highest BCUT2D eigenvalue weighted by Crippen LogP contribution is 2.46. The van der Waals surface area contributed by atoms with Crippen LogP contribution in [0, 0.1) is 0 Å². The van der Waals surface area contributed by atoms with Gasteiger partial charge in [-0.3, -0.25) is 4.79 Å². The maximum absolute atomic E-state index is 13.3. The molecule has 1 aliphatic rings.